The molecule has 0 atom stereocenters. The molecule has 2 aromatic rings. The standard InChI is InChI=1S/C20H26N2/c1-16-3-7-18(8-4-16)19-11-13-22(14-12-19)20-9-5-17(6-10-20)15-21-2/h3-10,19,21H,11-15H2,1-2H3. The van der Waals surface area contributed by atoms with Gasteiger partial charge in [-0.15, -0.1) is 0 Å². The lowest BCUT2D eigenvalue weighted by Gasteiger charge is -2.34. The predicted molar refractivity (Wildman–Crippen MR) is 94.6 cm³/mol. The van der Waals surface area contributed by atoms with Crippen LogP contribution in [0.1, 0.15) is 35.4 Å². The Kier molecular flexibility index (Phi) is 4.79. The summed E-state index contributed by atoms with van der Waals surface area (Å²) in [5.41, 5.74) is 5.57. The zero-order valence-electron chi connectivity index (χ0n) is 13.7. The highest BCUT2D eigenvalue weighted by atomic mass is 15.1. The van der Waals surface area contributed by atoms with E-state index in [4.69, 9.17) is 0 Å². The average Bonchev–Trinajstić information content (AvgIpc) is 2.57. The predicted octanol–water partition coefficient (Wildman–Crippen LogP) is 4.10. The van der Waals surface area contributed by atoms with E-state index in [2.05, 4.69) is 65.7 Å². The molecule has 1 heterocycles. The van der Waals surface area contributed by atoms with Crippen molar-refractivity contribution in [3.05, 3.63) is 65.2 Å². The lowest BCUT2D eigenvalue weighted by molar-refractivity contribution is 0.505. The number of piperidine rings is 1. The molecule has 2 heteroatoms. The van der Waals surface area contributed by atoms with Crippen LogP contribution in [0, 0.1) is 6.92 Å². The van der Waals surface area contributed by atoms with E-state index in [9.17, 15) is 0 Å². The highest BCUT2D eigenvalue weighted by Gasteiger charge is 2.20. The number of hydrogen-bond acceptors (Lipinski definition) is 2. The van der Waals surface area contributed by atoms with Crippen molar-refractivity contribution in [3.63, 3.8) is 0 Å². The Balaban J connectivity index is 1.60. The molecule has 0 aliphatic carbocycles. The van der Waals surface area contributed by atoms with Crippen molar-refractivity contribution in [1.29, 1.82) is 0 Å². The van der Waals surface area contributed by atoms with Crippen molar-refractivity contribution in [2.45, 2.75) is 32.2 Å². The second-order valence-electron chi connectivity index (χ2n) is 6.37. The maximum Gasteiger partial charge on any atom is 0.0366 e. The topological polar surface area (TPSA) is 15.3 Å². The van der Waals surface area contributed by atoms with Crippen LogP contribution >= 0.6 is 0 Å². The van der Waals surface area contributed by atoms with Gasteiger partial charge in [0.2, 0.25) is 0 Å². The smallest absolute Gasteiger partial charge is 0.0366 e. The summed E-state index contributed by atoms with van der Waals surface area (Å²) < 4.78 is 0. The molecule has 1 N–H and O–H groups in total. The zero-order valence-corrected chi connectivity index (χ0v) is 13.7. The van der Waals surface area contributed by atoms with Crippen LogP contribution < -0.4 is 10.2 Å². The summed E-state index contributed by atoms with van der Waals surface area (Å²) in [6, 6.07) is 18.1. The fourth-order valence-corrected chi connectivity index (χ4v) is 3.34. The first-order chi connectivity index (χ1) is 10.8. The molecule has 3 rings (SSSR count). The van der Waals surface area contributed by atoms with E-state index in [0.29, 0.717) is 0 Å². The van der Waals surface area contributed by atoms with E-state index in [1.807, 2.05) is 7.05 Å². The lowest BCUT2D eigenvalue weighted by Crippen LogP contribution is -2.32. The molecular formula is C20H26N2. The molecule has 22 heavy (non-hydrogen) atoms. The van der Waals surface area contributed by atoms with E-state index in [0.717, 1.165) is 25.6 Å². The van der Waals surface area contributed by atoms with Gasteiger partial charge in [-0.05, 0) is 56.0 Å². The van der Waals surface area contributed by atoms with Crippen LogP contribution in [0.25, 0.3) is 0 Å². The van der Waals surface area contributed by atoms with E-state index in [1.54, 1.807) is 0 Å². The van der Waals surface area contributed by atoms with Crippen molar-refractivity contribution < 1.29 is 0 Å². The summed E-state index contributed by atoms with van der Waals surface area (Å²) in [5.74, 6) is 0.723. The number of aryl methyl sites for hydroxylation is 1. The molecule has 1 aliphatic heterocycles. The SMILES string of the molecule is CNCc1ccc(N2CCC(c3ccc(C)cc3)CC2)cc1. The van der Waals surface area contributed by atoms with Crippen molar-refractivity contribution in [2.24, 2.45) is 0 Å². The third kappa shape index (κ3) is 3.50. The van der Waals surface area contributed by atoms with Gasteiger partial charge in [0, 0.05) is 25.3 Å². The van der Waals surface area contributed by atoms with Gasteiger partial charge >= 0.3 is 0 Å². The molecule has 0 bridgehead atoms. The fraction of sp³-hybridized carbons (Fsp3) is 0.400. The van der Waals surface area contributed by atoms with Gasteiger partial charge in [-0.3, -0.25) is 0 Å². The molecule has 1 saturated heterocycles. The molecule has 0 aromatic heterocycles. The summed E-state index contributed by atoms with van der Waals surface area (Å²) in [6.45, 7) is 5.41. The Bertz CT molecular complexity index is 578. The van der Waals surface area contributed by atoms with Crippen molar-refractivity contribution in [2.75, 3.05) is 25.0 Å². The van der Waals surface area contributed by atoms with Gasteiger partial charge in [-0.1, -0.05) is 42.0 Å². The van der Waals surface area contributed by atoms with Gasteiger partial charge in [0.25, 0.3) is 0 Å². The first kappa shape index (κ1) is 15.1. The van der Waals surface area contributed by atoms with Crippen molar-refractivity contribution >= 4 is 5.69 Å². The molecule has 0 amide bonds. The summed E-state index contributed by atoms with van der Waals surface area (Å²) in [5, 5.41) is 3.20. The molecule has 2 aromatic carbocycles. The van der Waals surface area contributed by atoms with Gasteiger partial charge in [0.05, 0.1) is 0 Å². The number of anilines is 1. The maximum absolute atomic E-state index is 3.20. The molecule has 0 spiro atoms. The summed E-state index contributed by atoms with van der Waals surface area (Å²) in [6.07, 6.45) is 2.50. The van der Waals surface area contributed by atoms with Crippen molar-refractivity contribution in [3.8, 4) is 0 Å². The normalized spacial score (nSPS) is 16.0. The number of nitrogens with zero attached hydrogens (tertiary/aromatic N) is 1. The van der Waals surface area contributed by atoms with E-state index >= 15 is 0 Å². The van der Waals surface area contributed by atoms with Crippen LogP contribution in [-0.2, 0) is 6.54 Å². The quantitative estimate of drug-likeness (QED) is 0.913. The Morgan fingerprint density at radius 2 is 1.59 bits per heavy atom. The lowest BCUT2D eigenvalue weighted by atomic mass is 9.89. The number of rotatable bonds is 4. The number of hydrogen-bond donors (Lipinski definition) is 1. The molecule has 116 valence electrons. The molecule has 1 aliphatic rings. The van der Waals surface area contributed by atoms with Crippen LogP contribution in [0.5, 0.6) is 0 Å². The maximum atomic E-state index is 3.20. The summed E-state index contributed by atoms with van der Waals surface area (Å²) in [4.78, 5) is 2.52. The Hall–Kier alpha value is -1.80. The van der Waals surface area contributed by atoms with Gasteiger partial charge in [0.1, 0.15) is 0 Å². The minimum absolute atomic E-state index is 0.723. The van der Waals surface area contributed by atoms with Crippen LogP contribution in [0.15, 0.2) is 48.5 Å². The Labute approximate surface area is 134 Å². The minimum Gasteiger partial charge on any atom is -0.371 e. The fourth-order valence-electron chi connectivity index (χ4n) is 3.34. The third-order valence-electron chi connectivity index (χ3n) is 4.73. The first-order valence-electron chi connectivity index (χ1n) is 8.31. The minimum atomic E-state index is 0.723. The van der Waals surface area contributed by atoms with Crippen LogP contribution in [0.2, 0.25) is 0 Å². The summed E-state index contributed by atoms with van der Waals surface area (Å²) >= 11 is 0. The molecule has 1 fully saturated rings. The van der Waals surface area contributed by atoms with Crippen LogP contribution in [0.4, 0.5) is 5.69 Å². The second kappa shape index (κ2) is 6.97. The van der Waals surface area contributed by atoms with E-state index in [-0.39, 0.29) is 0 Å². The largest absolute Gasteiger partial charge is 0.371 e. The van der Waals surface area contributed by atoms with E-state index < -0.39 is 0 Å². The van der Waals surface area contributed by atoms with Crippen molar-refractivity contribution in [1.82, 2.24) is 5.32 Å². The Morgan fingerprint density at radius 1 is 0.955 bits per heavy atom. The van der Waals surface area contributed by atoms with Gasteiger partial charge in [0.15, 0.2) is 0 Å². The highest BCUT2D eigenvalue weighted by molar-refractivity contribution is 5.48. The van der Waals surface area contributed by atoms with Crippen LogP contribution in [-0.4, -0.2) is 20.1 Å². The third-order valence-corrected chi connectivity index (χ3v) is 4.73. The first-order valence-corrected chi connectivity index (χ1v) is 8.31. The number of benzene rings is 2. The summed E-state index contributed by atoms with van der Waals surface area (Å²) in [7, 11) is 1.99. The molecular weight excluding hydrogens is 268 g/mol. The van der Waals surface area contributed by atoms with Gasteiger partial charge < -0.3 is 10.2 Å². The second-order valence-corrected chi connectivity index (χ2v) is 6.37. The van der Waals surface area contributed by atoms with E-state index in [1.165, 1.54) is 35.2 Å². The monoisotopic (exact) mass is 294 g/mol. The molecule has 2 nitrogen and oxygen atoms in total. The molecule has 0 unspecified atom stereocenters. The zero-order chi connectivity index (χ0) is 15.4. The van der Waals surface area contributed by atoms with Crippen LogP contribution in [0.3, 0.4) is 0 Å². The molecule has 0 saturated carbocycles. The van der Waals surface area contributed by atoms with Gasteiger partial charge in [-0.25, -0.2) is 0 Å². The van der Waals surface area contributed by atoms with Gasteiger partial charge in [-0.2, -0.15) is 0 Å². The number of nitrogens with one attached hydrogen (secondary N) is 1. The molecule has 0 radical (unpaired) electrons. The highest BCUT2D eigenvalue weighted by Crippen LogP contribution is 2.30. The Morgan fingerprint density at radius 3 is 2.18 bits per heavy atom. The average molecular weight is 294 g/mol.